The van der Waals surface area contributed by atoms with Gasteiger partial charge in [0.25, 0.3) is 5.91 Å². The zero-order valence-corrected chi connectivity index (χ0v) is 16.1. The van der Waals surface area contributed by atoms with Crippen molar-refractivity contribution in [1.29, 1.82) is 0 Å². The highest BCUT2D eigenvalue weighted by Crippen LogP contribution is 2.30. The van der Waals surface area contributed by atoms with Crippen molar-refractivity contribution in [3.8, 4) is 23.0 Å². The van der Waals surface area contributed by atoms with Gasteiger partial charge in [-0.3, -0.25) is 4.79 Å². The largest absolute Gasteiger partial charge is 0.494 e. The lowest BCUT2D eigenvalue weighted by Crippen LogP contribution is -2.42. The first-order valence-corrected chi connectivity index (χ1v) is 9.30. The van der Waals surface area contributed by atoms with E-state index in [2.05, 4.69) is 5.32 Å². The summed E-state index contributed by atoms with van der Waals surface area (Å²) in [6, 6.07) is 14.2. The van der Waals surface area contributed by atoms with Gasteiger partial charge in [0, 0.05) is 0 Å². The standard InChI is InChI=1S/C21H23NO7/c1-2-25-15-7-9-16(10-8-15)26-14-21(24)28-13-20(23)22-11-17-12-27-18-5-3-4-6-19(18)29-17/h3-10,17H,2,11-14H2,1H3,(H,22,23)/t17-/m0/s1. The van der Waals surface area contributed by atoms with Gasteiger partial charge < -0.3 is 29.0 Å². The first-order chi connectivity index (χ1) is 14.1. The molecule has 1 heterocycles. The topological polar surface area (TPSA) is 92.3 Å². The molecule has 29 heavy (non-hydrogen) atoms. The molecule has 1 amide bonds. The van der Waals surface area contributed by atoms with Crippen LogP contribution in [0.2, 0.25) is 0 Å². The number of rotatable bonds is 9. The van der Waals surface area contributed by atoms with E-state index >= 15 is 0 Å². The van der Waals surface area contributed by atoms with Crippen LogP contribution in [-0.2, 0) is 14.3 Å². The Morgan fingerprint density at radius 2 is 1.69 bits per heavy atom. The van der Waals surface area contributed by atoms with Crippen LogP contribution in [0.4, 0.5) is 0 Å². The zero-order chi connectivity index (χ0) is 20.5. The minimum absolute atomic E-state index is 0.243. The predicted octanol–water partition coefficient (Wildman–Crippen LogP) is 1.96. The zero-order valence-electron chi connectivity index (χ0n) is 16.1. The normalized spacial score (nSPS) is 14.6. The fourth-order valence-corrected chi connectivity index (χ4v) is 2.57. The first-order valence-electron chi connectivity index (χ1n) is 9.30. The first kappa shape index (κ1) is 20.3. The third-order valence-corrected chi connectivity index (χ3v) is 3.95. The summed E-state index contributed by atoms with van der Waals surface area (Å²) in [5.74, 6) is 1.47. The summed E-state index contributed by atoms with van der Waals surface area (Å²) in [6.07, 6.45) is -0.312. The average molecular weight is 401 g/mol. The molecule has 0 fully saturated rings. The molecule has 0 aromatic heterocycles. The van der Waals surface area contributed by atoms with Crippen LogP contribution >= 0.6 is 0 Å². The second-order valence-corrected chi connectivity index (χ2v) is 6.16. The number of para-hydroxylation sites is 2. The summed E-state index contributed by atoms with van der Waals surface area (Å²) in [7, 11) is 0. The molecule has 2 aromatic carbocycles. The van der Waals surface area contributed by atoms with Crippen molar-refractivity contribution in [3.05, 3.63) is 48.5 Å². The minimum Gasteiger partial charge on any atom is -0.494 e. The SMILES string of the molecule is CCOc1ccc(OCC(=O)OCC(=O)NC[C@H]2COc3ccccc3O2)cc1. The van der Waals surface area contributed by atoms with Crippen LogP contribution < -0.4 is 24.3 Å². The van der Waals surface area contributed by atoms with Crippen LogP contribution in [0.3, 0.4) is 0 Å². The van der Waals surface area contributed by atoms with Gasteiger partial charge in [-0.2, -0.15) is 0 Å². The van der Waals surface area contributed by atoms with Gasteiger partial charge in [0.05, 0.1) is 13.2 Å². The van der Waals surface area contributed by atoms with Crippen LogP contribution in [0.25, 0.3) is 0 Å². The number of benzene rings is 2. The molecule has 3 rings (SSSR count). The number of fused-ring (bicyclic) bond motifs is 1. The molecule has 0 bridgehead atoms. The van der Waals surface area contributed by atoms with E-state index in [0.29, 0.717) is 30.5 Å². The molecular weight excluding hydrogens is 378 g/mol. The van der Waals surface area contributed by atoms with Gasteiger partial charge in [0.15, 0.2) is 24.7 Å². The number of carbonyl (C=O) groups excluding carboxylic acids is 2. The maximum atomic E-state index is 11.9. The van der Waals surface area contributed by atoms with Crippen molar-refractivity contribution in [2.75, 3.05) is 33.0 Å². The second-order valence-electron chi connectivity index (χ2n) is 6.16. The molecule has 1 atom stereocenters. The van der Waals surface area contributed by atoms with Crippen LogP contribution in [0, 0.1) is 0 Å². The number of hydrogen-bond donors (Lipinski definition) is 1. The Kier molecular flexibility index (Phi) is 7.16. The van der Waals surface area contributed by atoms with Crippen LogP contribution in [0.15, 0.2) is 48.5 Å². The summed E-state index contributed by atoms with van der Waals surface area (Å²) in [5, 5.41) is 2.65. The molecule has 0 saturated carbocycles. The average Bonchev–Trinajstić information content (AvgIpc) is 2.76. The van der Waals surface area contributed by atoms with E-state index in [1.807, 2.05) is 25.1 Å². The summed E-state index contributed by atoms with van der Waals surface area (Å²) < 4.78 is 26.9. The van der Waals surface area contributed by atoms with Crippen molar-refractivity contribution in [2.24, 2.45) is 0 Å². The third kappa shape index (κ3) is 6.31. The van der Waals surface area contributed by atoms with Crippen molar-refractivity contribution < 1.29 is 33.3 Å². The van der Waals surface area contributed by atoms with Gasteiger partial charge in [0.1, 0.15) is 24.2 Å². The van der Waals surface area contributed by atoms with Crippen LogP contribution in [0.1, 0.15) is 6.92 Å². The molecule has 8 nitrogen and oxygen atoms in total. The van der Waals surface area contributed by atoms with Gasteiger partial charge in [-0.1, -0.05) is 12.1 Å². The molecule has 1 N–H and O–H groups in total. The van der Waals surface area contributed by atoms with Crippen LogP contribution in [0.5, 0.6) is 23.0 Å². The van der Waals surface area contributed by atoms with E-state index in [0.717, 1.165) is 5.75 Å². The smallest absolute Gasteiger partial charge is 0.344 e. The van der Waals surface area contributed by atoms with Gasteiger partial charge in [-0.25, -0.2) is 4.79 Å². The monoisotopic (exact) mass is 401 g/mol. The highest BCUT2D eigenvalue weighted by molar-refractivity contribution is 5.80. The van der Waals surface area contributed by atoms with E-state index in [1.165, 1.54) is 0 Å². The lowest BCUT2D eigenvalue weighted by atomic mass is 10.2. The summed E-state index contributed by atoms with van der Waals surface area (Å²) >= 11 is 0. The van der Waals surface area contributed by atoms with Crippen LogP contribution in [-0.4, -0.2) is 51.0 Å². The number of nitrogens with one attached hydrogen (secondary N) is 1. The van der Waals surface area contributed by atoms with Gasteiger partial charge in [-0.15, -0.1) is 0 Å². The van der Waals surface area contributed by atoms with E-state index in [4.69, 9.17) is 23.7 Å². The highest BCUT2D eigenvalue weighted by Gasteiger charge is 2.21. The van der Waals surface area contributed by atoms with E-state index in [-0.39, 0.29) is 19.3 Å². The molecule has 0 spiro atoms. The molecular formula is C21H23NO7. The van der Waals surface area contributed by atoms with Crippen molar-refractivity contribution in [2.45, 2.75) is 13.0 Å². The molecule has 0 radical (unpaired) electrons. The Labute approximate surface area is 168 Å². The van der Waals surface area contributed by atoms with Gasteiger partial charge >= 0.3 is 5.97 Å². The van der Waals surface area contributed by atoms with Crippen molar-refractivity contribution in [3.63, 3.8) is 0 Å². The summed E-state index contributed by atoms with van der Waals surface area (Å²) in [5.41, 5.74) is 0. The number of carbonyl (C=O) groups is 2. The Morgan fingerprint density at radius 1 is 1.00 bits per heavy atom. The number of hydrogen-bond acceptors (Lipinski definition) is 7. The Bertz CT molecular complexity index is 822. The molecule has 0 aliphatic carbocycles. The minimum atomic E-state index is -0.639. The second kappa shape index (κ2) is 10.2. The quantitative estimate of drug-likeness (QED) is 0.642. The Balaban J connectivity index is 1.31. The predicted molar refractivity (Wildman–Crippen MR) is 103 cm³/mol. The molecule has 1 aliphatic heterocycles. The molecule has 2 aromatic rings. The number of esters is 1. The molecule has 0 saturated heterocycles. The molecule has 1 aliphatic rings. The lowest BCUT2D eigenvalue weighted by molar-refractivity contribution is -0.150. The maximum Gasteiger partial charge on any atom is 0.344 e. The van der Waals surface area contributed by atoms with Gasteiger partial charge in [-0.05, 0) is 43.3 Å². The molecule has 0 unspecified atom stereocenters. The number of amides is 1. The number of ether oxygens (including phenoxy) is 5. The maximum absolute atomic E-state index is 11.9. The van der Waals surface area contributed by atoms with E-state index in [9.17, 15) is 9.59 Å². The Morgan fingerprint density at radius 3 is 2.41 bits per heavy atom. The van der Waals surface area contributed by atoms with E-state index in [1.54, 1.807) is 30.3 Å². The third-order valence-electron chi connectivity index (χ3n) is 3.95. The van der Waals surface area contributed by atoms with Crippen molar-refractivity contribution in [1.82, 2.24) is 5.32 Å². The molecule has 8 heteroatoms. The fraction of sp³-hybridized carbons (Fsp3) is 0.333. The lowest BCUT2D eigenvalue weighted by Gasteiger charge is -2.26. The highest BCUT2D eigenvalue weighted by atomic mass is 16.6. The Hall–Kier alpha value is -3.42. The molecule has 154 valence electrons. The van der Waals surface area contributed by atoms with E-state index < -0.39 is 18.5 Å². The van der Waals surface area contributed by atoms with Gasteiger partial charge in [0.2, 0.25) is 0 Å². The summed E-state index contributed by atoms with van der Waals surface area (Å²) in [6.45, 7) is 2.35. The van der Waals surface area contributed by atoms with Crippen molar-refractivity contribution >= 4 is 11.9 Å². The summed E-state index contributed by atoms with van der Waals surface area (Å²) in [4.78, 5) is 23.6. The fourth-order valence-electron chi connectivity index (χ4n) is 2.57.